The van der Waals surface area contributed by atoms with Crippen LogP contribution >= 0.6 is 11.8 Å². The third-order valence-electron chi connectivity index (χ3n) is 2.51. The van der Waals surface area contributed by atoms with Gasteiger partial charge in [-0.25, -0.2) is 9.78 Å². The highest BCUT2D eigenvalue weighted by molar-refractivity contribution is 7.99. The lowest BCUT2D eigenvalue weighted by Crippen LogP contribution is -2.10. The van der Waals surface area contributed by atoms with Crippen molar-refractivity contribution in [2.45, 2.75) is 17.0 Å². The molecular weight excluding hydrogens is 292 g/mol. The summed E-state index contributed by atoms with van der Waals surface area (Å²) in [6.45, 7) is 1.98. The summed E-state index contributed by atoms with van der Waals surface area (Å²) in [4.78, 5) is 30.2. The zero-order valence-electron chi connectivity index (χ0n) is 11.3. The maximum absolute atomic E-state index is 11.8. The predicted molar refractivity (Wildman–Crippen MR) is 80.2 cm³/mol. The van der Waals surface area contributed by atoms with Crippen LogP contribution in [0.1, 0.15) is 17.3 Å². The minimum absolute atomic E-state index is 0.112. The van der Waals surface area contributed by atoms with E-state index in [0.717, 1.165) is 11.8 Å². The van der Waals surface area contributed by atoms with Gasteiger partial charge < -0.3 is 21.2 Å². The van der Waals surface area contributed by atoms with Gasteiger partial charge in [-0.2, -0.15) is 0 Å². The molecule has 0 atom stereocenters. The number of H-pyrrole nitrogens is 1. The highest BCUT2D eigenvalue weighted by Crippen LogP contribution is 2.31. The Hall–Kier alpha value is -2.48. The molecule has 1 heterocycles. The van der Waals surface area contributed by atoms with Gasteiger partial charge in [0.15, 0.2) is 5.16 Å². The van der Waals surface area contributed by atoms with E-state index in [2.05, 4.69) is 9.97 Å². The van der Waals surface area contributed by atoms with Gasteiger partial charge in [-0.15, -0.1) is 0 Å². The number of aromatic amines is 1. The van der Waals surface area contributed by atoms with Gasteiger partial charge in [-0.05, 0) is 30.8 Å². The second-order valence-electron chi connectivity index (χ2n) is 4.02. The molecule has 110 valence electrons. The molecule has 8 heteroatoms. The number of hydrogen-bond donors (Lipinski definition) is 3. The zero-order chi connectivity index (χ0) is 15.4. The molecule has 0 fully saturated rings. The van der Waals surface area contributed by atoms with Crippen molar-refractivity contribution in [2.75, 3.05) is 18.1 Å². The Morgan fingerprint density at radius 2 is 2.19 bits per heavy atom. The molecule has 21 heavy (non-hydrogen) atoms. The summed E-state index contributed by atoms with van der Waals surface area (Å²) < 4.78 is 4.93. The number of nitrogens with one attached hydrogen (secondary N) is 1. The van der Waals surface area contributed by atoms with Crippen molar-refractivity contribution in [3.05, 3.63) is 40.2 Å². The smallest absolute Gasteiger partial charge is 0.340 e. The number of para-hydroxylation sites is 1. The van der Waals surface area contributed by atoms with Crippen LogP contribution in [0, 0.1) is 0 Å². The molecule has 1 aromatic heterocycles. The number of nitrogens with zero attached hydrogens (tertiary/aromatic N) is 1. The van der Waals surface area contributed by atoms with Crippen molar-refractivity contribution >= 4 is 29.2 Å². The molecule has 0 amide bonds. The first kappa shape index (κ1) is 14.9. The fourth-order valence-corrected chi connectivity index (χ4v) is 2.50. The molecule has 7 nitrogen and oxygen atoms in total. The number of nitrogen functional groups attached to an aromatic ring is 2. The van der Waals surface area contributed by atoms with Crippen molar-refractivity contribution in [3.63, 3.8) is 0 Å². The normalized spacial score (nSPS) is 10.3. The Balaban J connectivity index is 2.34. The number of hydrogen-bond acceptors (Lipinski definition) is 7. The molecule has 0 saturated heterocycles. The van der Waals surface area contributed by atoms with Gasteiger partial charge in [-0.3, -0.25) is 4.79 Å². The van der Waals surface area contributed by atoms with Crippen LogP contribution < -0.4 is 17.0 Å². The Kier molecular flexibility index (Phi) is 4.49. The molecule has 1 aromatic carbocycles. The monoisotopic (exact) mass is 306 g/mol. The van der Waals surface area contributed by atoms with E-state index < -0.39 is 5.97 Å². The van der Waals surface area contributed by atoms with Gasteiger partial charge in [0.1, 0.15) is 5.82 Å². The van der Waals surface area contributed by atoms with Gasteiger partial charge in [-0.1, -0.05) is 6.07 Å². The van der Waals surface area contributed by atoms with Crippen LogP contribution in [0.2, 0.25) is 0 Å². The van der Waals surface area contributed by atoms with E-state index in [1.807, 2.05) is 0 Å². The van der Waals surface area contributed by atoms with E-state index in [4.69, 9.17) is 16.2 Å². The largest absolute Gasteiger partial charge is 0.462 e. The van der Waals surface area contributed by atoms with Crippen LogP contribution in [0.3, 0.4) is 0 Å². The lowest BCUT2D eigenvalue weighted by Gasteiger charge is -2.09. The fourth-order valence-electron chi connectivity index (χ4n) is 1.63. The van der Waals surface area contributed by atoms with Gasteiger partial charge in [0, 0.05) is 11.0 Å². The third-order valence-corrected chi connectivity index (χ3v) is 3.47. The summed E-state index contributed by atoms with van der Waals surface area (Å²) in [5.74, 6) is -0.382. The van der Waals surface area contributed by atoms with E-state index in [-0.39, 0.29) is 29.2 Å². The van der Waals surface area contributed by atoms with Gasteiger partial charge in [0.25, 0.3) is 5.56 Å². The standard InChI is InChI=1S/C13H14N4O3S/c1-2-20-12(19)7-4-3-5-8(11(7)15)21-13-16-9(14)6-10(18)17-13/h3-6H,2,15H2,1H3,(H3,14,16,17,18). The first-order valence-corrected chi connectivity index (χ1v) is 6.93. The maximum Gasteiger partial charge on any atom is 0.340 e. The van der Waals surface area contributed by atoms with Crippen LogP contribution in [0.15, 0.2) is 39.1 Å². The SMILES string of the molecule is CCOC(=O)c1cccc(Sc2nc(N)cc(=O)[nH]2)c1N. The second kappa shape index (κ2) is 6.31. The number of aromatic nitrogens is 2. The molecule has 0 radical (unpaired) electrons. The fraction of sp³-hybridized carbons (Fsp3) is 0.154. The highest BCUT2D eigenvalue weighted by Gasteiger charge is 2.14. The van der Waals surface area contributed by atoms with Crippen molar-refractivity contribution < 1.29 is 9.53 Å². The molecule has 2 rings (SSSR count). The average Bonchev–Trinajstić information content (AvgIpc) is 2.40. The highest BCUT2D eigenvalue weighted by atomic mass is 32.2. The maximum atomic E-state index is 11.8. The molecule has 0 unspecified atom stereocenters. The predicted octanol–water partition coefficient (Wildman–Crippen LogP) is 1.26. The van der Waals surface area contributed by atoms with E-state index in [1.54, 1.807) is 25.1 Å². The lowest BCUT2D eigenvalue weighted by atomic mass is 10.2. The number of benzene rings is 1. The molecule has 2 aromatic rings. The van der Waals surface area contributed by atoms with Crippen molar-refractivity contribution in [1.82, 2.24) is 9.97 Å². The number of nitrogens with two attached hydrogens (primary N) is 2. The Labute approximate surface area is 124 Å². The number of rotatable bonds is 4. The summed E-state index contributed by atoms with van der Waals surface area (Å²) in [5, 5.41) is 0.299. The molecule has 5 N–H and O–H groups in total. The Bertz CT molecular complexity index is 730. The third kappa shape index (κ3) is 3.54. The molecule has 0 bridgehead atoms. The zero-order valence-corrected chi connectivity index (χ0v) is 12.1. The Morgan fingerprint density at radius 1 is 1.43 bits per heavy atom. The minimum atomic E-state index is -0.494. The van der Waals surface area contributed by atoms with Crippen molar-refractivity contribution in [2.24, 2.45) is 0 Å². The summed E-state index contributed by atoms with van der Waals surface area (Å²) >= 11 is 1.11. The van der Waals surface area contributed by atoms with Crippen LogP contribution in [0.5, 0.6) is 0 Å². The van der Waals surface area contributed by atoms with E-state index in [9.17, 15) is 9.59 Å². The summed E-state index contributed by atoms with van der Waals surface area (Å²) in [6.07, 6.45) is 0. The van der Waals surface area contributed by atoms with E-state index in [0.29, 0.717) is 10.1 Å². The number of esters is 1. The van der Waals surface area contributed by atoms with E-state index >= 15 is 0 Å². The number of carbonyl (C=O) groups excluding carboxylic acids is 1. The number of carbonyl (C=O) groups is 1. The number of ether oxygens (including phenoxy) is 1. The molecule has 0 saturated carbocycles. The van der Waals surface area contributed by atoms with Crippen LogP contribution in [-0.2, 0) is 4.74 Å². The van der Waals surface area contributed by atoms with Crippen molar-refractivity contribution in [3.8, 4) is 0 Å². The van der Waals surface area contributed by atoms with Crippen LogP contribution in [-0.4, -0.2) is 22.5 Å². The first-order valence-electron chi connectivity index (χ1n) is 6.11. The topological polar surface area (TPSA) is 124 Å². The molecule has 0 aliphatic carbocycles. The summed E-state index contributed by atoms with van der Waals surface area (Å²) in [7, 11) is 0. The van der Waals surface area contributed by atoms with E-state index in [1.165, 1.54) is 6.07 Å². The summed E-state index contributed by atoms with van der Waals surface area (Å²) in [6, 6.07) is 6.15. The minimum Gasteiger partial charge on any atom is -0.462 e. The lowest BCUT2D eigenvalue weighted by molar-refractivity contribution is 0.0527. The van der Waals surface area contributed by atoms with Crippen LogP contribution in [0.25, 0.3) is 0 Å². The summed E-state index contributed by atoms with van der Waals surface area (Å²) in [5.41, 5.74) is 11.7. The number of anilines is 2. The first-order chi connectivity index (χ1) is 10.0. The van der Waals surface area contributed by atoms with Crippen LogP contribution in [0.4, 0.5) is 11.5 Å². The molecule has 0 aliphatic heterocycles. The average molecular weight is 306 g/mol. The molecular formula is C13H14N4O3S. The van der Waals surface area contributed by atoms with Gasteiger partial charge >= 0.3 is 5.97 Å². The van der Waals surface area contributed by atoms with Crippen molar-refractivity contribution in [1.29, 1.82) is 0 Å². The second-order valence-corrected chi connectivity index (χ2v) is 5.05. The Morgan fingerprint density at radius 3 is 2.86 bits per heavy atom. The quantitative estimate of drug-likeness (QED) is 0.441. The van der Waals surface area contributed by atoms with Gasteiger partial charge in [0.05, 0.1) is 17.9 Å². The molecule has 0 aliphatic rings. The van der Waals surface area contributed by atoms with Gasteiger partial charge in [0.2, 0.25) is 0 Å². The molecule has 0 spiro atoms.